The van der Waals surface area contributed by atoms with Crippen LogP contribution in [0.1, 0.15) is 25.6 Å². The fourth-order valence-electron chi connectivity index (χ4n) is 2.29. The highest BCUT2D eigenvalue weighted by atomic mass is 16.5. The second-order valence-corrected chi connectivity index (χ2v) is 5.39. The second kappa shape index (κ2) is 6.43. The first-order chi connectivity index (χ1) is 10.7. The van der Waals surface area contributed by atoms with Crippen molar-refractivity contribution in [2.24, 2.45) is 0 Å². The van der Waals surface area contributed by atoms with Gasteiger partial charge in [0.15, 0.2) is 0 Å². The lowest BCUT2D eigenvalue weighted by molar-refractivity contribution is 0.301. The minimum Gasteiger partial charge on any atom is -0.487 e. The molecule has 0 saturated carbocycles. The van der Waals surface area contributed by atoms with Gasteiger partial charge in [0.1, 0.15) is 18.2 Å². The van der Waals surface area contributed by atoms with Gasteiger partial charge in [-0.15, -0.1) is 0 Å². The summed E-state index contributed by atoms with van der Waals surface area (Å²) in [5, 5.41) is 0. The number of pyridine rings is 1. The Morgan fingerprint density at radius 1 is 1.00 bits per heavy atom. The van der Waals surface area contributed by atoms with Crippen LogP contribution in [0, 0.1) is 0 Å². The van der Waals surface area contributed by atoms with Crippen LogP contribution < -0.4 is 4.74 Å². The molecule has 0 atom stereocenters. The number of hydrogen-bond acceptors (Lipinski definition) is 3. The fourth-order valence-corrected chi connectivity index (χ4v) is 2.29. The van der Waals surface area contributed by atoms with E-state index in [9.17, 15) is 0 Å². The largest absolute Gasteiger partial charge is 0.487 e. The number of rotatable bonds is 5. The average molecular weight is 293 g/mol. The predicted molar refractivity (Wildman–Crippen MR) is 86.6 cm³/mol. The van der Waals surface area contributed by atoms with Crippen molar-refractivity contribution in [1.82, 2.24) is 14.5 Å². The molecule has 0 saturated heterocycles. The predicted octanol–water partition coefficient (Wildman–Crippen LogP) is 4.11. The Morgan fingerprint density at radius 3 is 2.50 bits per heavy atom. The van der Waals surface area contributed by atoms with Crippen molar-refractivity contribution in [3.05, 3.63) is 66.7 Å². The van der Waals surface area contributed by atoms with E-state index in [1.165, 1.54) is 0 Å². The molecule has 0 aliphatic rings. The Hall–Kier alpha value is -2.62. The normalized spacial score (nSPS) is 10.9. The van der Waals surface area contributed by atoms with E-state index in [-0.39, 0.29) is 0 Å². The summed E-state index contributed by atoms with van der Waals surface area (Å²) in [4.78, 5) is 8.69. The van der Waals surface area contributed by atoms with E-state index in [0.29, 0.717) is 12.6 Å². The molecular weight excluding hydrogens is 274 g/mol. The summed E-state index contributed by atoms with van der Waals surface area (Å²) in [5.74, 6) is 1.81. The number of hydrogen-bond donors (Lipinski definition) is 0. The van der Waals surface area contributed by atoms with E-state index < -0.39 is 0 Å². The highest BCUT2D eigenvalue weighted by Gasteiger charge is 2.08. The van der Waals surface area contributed by atoms with Crippen LogP contribution in [0.4, 0.5) is 0 Å². The Kier molecular flexibility index (Phi) is 4.19. The van der Waals surface area contributed by atoms with Gasteiger partial charge in [-0.1, -0.05) is 6.07 Å². The monoisotopic (exact) mass is 293 g/mol. The molecule has 0 radical (unpaired) electrons. The molecule has 4 nitrogen and oxygen atoms in total. The molecular formula is C18H19N3O. The molecule has 22 heavy (non-hydrogen) atoms. The number of imidazole rings is 1. The van der Waals surface area contributed by atoms with E-state index in [1.54, 1.807) is 6.20 Å². The van der Waals surface area contributed by atoms with Gasteiger partial charge in [-0.2, -0.15) is 0 Å². The maximum Gasteiger partial charge on any atom is 0.140 e. The van der Waals surface area contributed by atoms with Gasteiger partial charge in [0.25, 0.3) is 0 Å². The van der Waals surface area contributed by atoms with Gasteiger partial charge >= 0.3 is 0 Å². The first-order valence-electron chi connectivity index (χ1n) is 7.40. The number of aromatic nitrogens is 3. The molecule has 0 aliphatic carbocycles. The van der Waals surface area contributed by atoms with Gasteiger partial charge in [-0.3, -0.25) is 4.98 Å². The summed E-state index contributed by atoms with van der Waals surface area (Å²) in [6, 6.07) is 14.2. The Labute approximate surface area is 130 Å². The van der Waals surface area contributed by atoms with Gasteiger partial charge < -0.3 is 9.30 Å². The van der Waals surface area contributed by atoms with Crippen LogP contribution in [-0.2, 0) is 6.61 Å². The van der Waals surface area contributed by atoms with Crippen molar-refractivity contribution in [2.45, 2.75) is 26.5 Å². The second-order valence-electron chi connectivity index (χ2n) is 5.39. The number of nitrogens with zero attached hydrogens (tertiary/aromatic N) is 3. The molecule has 0 aliphatic heterocycles. The van der Waals surface area contributed by atoms with Crippen LogP contribution >= 0.6 is 0 Å². The van der Waals surface area contributed by atoms with Crippen LogP contribution in [0.25, 0.3) is 11.4 Å². The summed E-state index contributed by atoms with van der Waals surface area (Å²) in [5.41, 5.74) is 2.01. The molecule has 0 N–H and O–H groups in total. The third kappa shape index (κ3) is 3.17. The van der Waals surface area contributed by atoms with Crippen LogP contribution in [0.15, 0.2) is 61.1 Å². The third-order valence-corrected chi connectivity index (χ3v) is 3.45. The summed E-state index contributed by atoms with van der Waals surface area (Å²) < 4.78 is 7.91. The molecule has 0 fully saturated rings. The molecule has 0 bridgehead atoms. The third-order valence-electron chi connectivity index (χ3n) is 3.45. The quantitative estimate of drug-likeness (QED) is 0.711. The molecule has 2 aromatic heterocycles. The zero-order valence-corrected chi connectivity index (χ0v) is 12.8. The van der Waals surface area contributed by atoms with Gasteiger partial charge in [0.2, 0.25) is 0 Å². The summed E-state index contributed by atoms with van der Waals surface area (Å²) >= 11 is 0. The highest BCUT2D eigenvalue weighted by molar-refractivity contribution is 5.57. The van der Waals surface area contributed by atoms with Crippen LogP contribution in [0.2, 0.25) is 0 Å². The first-order valence-corrected chi connectivity index (χ1v) is 7.40. The van der Waals surface area contributed by atoms with E-state index >= 15 is 0 Å². The molecule has 2 heterocycles. The van der Waals surface area contributed by atoms with E-state index in [4.69, 9.17) is 4.74 Å². The SMILES string of the molecule is CC(C)n1ccnc1-c1ccc(OCc2ccccn2)cc1. The van der Waals surface area contributed by atoms with Crippen molar-refractivity contribution in [2.75, 3.05) is 0 Å². The van der Waals surface area contributed by atoms with Crippen molar-refractivity contribution in [3.8, 4) is 17.1 Å². The summed E-state index contributed by atoms with van der Waals surface area (Å²) in [7, 11) is 0. The molecule has 0 unspecified atom stereocenters. The molecule has 1 aromatic carbocycles. The van der Waals surface area contributed by atoms with Gasteiger partial charge in [-0.05, 0) is 50.2 Å². The minimum atomic E-state index is 0.387. The maximum absolute atomic E-state index is 5.75. The topological polar surface area (TPSA) is 39.9 Å². The molecule has 112 valence electrons. The zero-order chi connectivity index (χ0) is 15.4. The van der Waals surface area contributed by atoms with E-state index in [2.05, 4.69) is 28.4 Å². The Bertz CT molecular complexity index is 718. The van der Waals surface area contributed by atoms with Crippen molar-refractivity contribution in [1.29, 1.82) is 0 Å². The Morgan fingerprint density at radius 2 is 1.82 bits per heavy atom. The average Bonchev–Trinajstić information content (AvgIpc) is 3.04. The maximum atomic E-state index is 5.75. The van der Waals surface area contributed by atoms with Crippen molar-refractivity contribution >= 4 is 0 Å². The number of ether oxygens (including phenoxy) is 1. The van der Waals surface area contributed by atoms with Crippen molar-refractivity contribution < 1.29 is 4.74 Å². The summed E-state index contributed by atoms with van der Waals surface area (Å²) in [6.45, 7) is 4.77. The van der Waals surface area contributed by atoms with Gasteiger partial charge in [0, 0.05) is 30.2 Å². The van der Waals surface area contributed by atoms with Gasteiger partial charge in [0.05, 0.1) is 5.69 Å². The van der Waals surface area contributed by atoms with Crippen LogP contribution in [0.5, 0.6) is 5.75 Å². The molecule has 0 spiro atoms. The standard InChI is InChI=1S/C18H19N3O/c1-14(2)21-12-11-20-18(21)15-6-8-17(9-7-15)22-13-16-5-3-4-10-19-16/h3-12,14H,13H2,1-2H3. The minimum absolute atomic E-state index is 0.387. The molecule has 3 rings (SSSR count). The summed E-state index contributed by atoms with van der Waals surface area (Å²) in [6.07, 6.45) is 5.61. The zero-order valence-electron chi connectivity index (χ0n) is 12.8. The highest BCUT2D eigenvalue weighted by Crippen LogP contribution is 2.23. The number of benzene rings is 1. The lowest BCUT2D eigenvalue weighted by Crippen LogP contribution is -2.02. The molecule has 0 amide bonds. The fraction of sp³-hybridized carbons (Fsp3) is 0.222. The molecule has 4 heteroatoms. The van der Waals surface area contributed by atoms with Crippen LogP contribution in [0.3, 0.4) is 0 Å². The Balaban J connectivity index is 1.71. The lowest BCUT2D eigenvalue weighted by Gasteiger charge is -2.12. The van der Waals surface area contributed by atoms with E-state index in [0.717, 1.165) is 22.8 Å². The molecule has 3 aromatic rings. The van der Waals surface area contributed by atoms with E-state index in [1.807, 2.05) is 54.9 Å². The van der Waals surface area contributed by atoms with Crippen LogP contribution in [-0.4, -0.2) is 14.5 Å². The smallest absolute Gasteiger partial charge is 0.140 e. The first kappa shape index (κ1) is 14.3. The van der Waals surface area contributed by atoms with Crippen molar-refractivity contribution in [3.63, 3.8) is 0 Å². The van der Waals surface area contributed by atoms with Gasteiger partial charge in [-0.25, -0.2) is 4.98 Å². The lowest BCUT2D eigenvalue weighted by atomic mass is 10.2.